The van der Waals surface area contributed by atoms with Crippen molar-refractivity contribution in [1.29, 1.82) is 0 Å². The number of benzene rings is 2. The van der Waals surface area contributed by atoms with E-state index < -0.39 is 33.7 Å². The van der Waals surface area contributed by atoms with Gasteiger partial charge in [0, 0.05) is 6.42 Å². The monoisotopic (exact) mass is 422 g/mol. The Labute approximate surface area is 170 Å². The van der Waals surface area contributed by atoms with Crippen molar-refractivity contribution in [2.24, 2.45) is 5.14 Å². The number of primary sulfonamides is 1. The Balaban J connectivity index is 0.000000352. The third-order valence-corrected chi connectivity index (χ3v) is 4.27. The molecule has 2 rings (SSSR count). The second-order valence-corrected chi connectivity index (χ2v) is 8.65. The molecule has 0 fully saturated rings. The number of carbonyl (C=O) groups excluding carboxylic acids is 1. The number of carboxylic acids is 1. The number of ether oxygens (including phenoxy) is 1. The van der Waals surface area contributed by atoms with Gasteiger partial charge in [0.15, 0.2) is 0 Å². The Hall–Kier alpha value is -2.91. The van der Waals surface area contributed by atoms with Gasteiger partial charge in [0.2, 0.25) is 10.0 Å². The molecule has 1 atom stereocenters. The van der Waals surface area contributed by atoms with E-state index in [-0.39, 0.29) is 11.3 Å². The van der Waals surface area contributed by atoms with Gasteiger partial charge in [-0.1, -0.05) is 48.5 Å². The highest BCUT2D eigenvalue weighted by Gasteiger charge is 2.24. The summed E-state index contributed by atoms with van der Waals surface area (Å²) in [5, 5.41) is 16.3. The average molecular weight is 423 g/mol. The predicted molar refractivity (Wildman–Crippen MR) is 109 cm³/mol. The molecule has 0 saturated heterocycles. The third kappa shape index (κ3) is 10.3. The summed E-state index contributed by atoms with van der Waals surface area (Å²) >= 11 is 0. The van der Waals surface area contributed by atoms with Crippen molar-refractivity contribution in [1.82, 2.24) is 5.32 Å². The van der Waals surface area contributed by atoms with Gasteiger partial charge in [-0.3, -0.25) is 0 Å². The highest BCUT2D eigenvalue weighted by Crippen LogP contribution is 2.08. The van der Waals surface area contributed by atoms with Gasteiger partial charge in [0.1, 0.15) is 11.6 Å². The first-order chi connectivity index (χ1) is 13.4. The number of nitrogens with two attached hydrogens (primary N) is 1. The lowest BCUT2D eigenvalue weighted by atomic mass is 10.1. The van der Waals surface area contributed by atoms with Crippen LogP contribution in [0.15, 0.2) is 65.6 Å². The number of hydrogen-bond acceptors (Lipinski definition) is 5. The van der Waals surface area contributed by atoms with E-state index in [4.69, 9.17) is 15.0 Å². The van der Waals surface area contributed by atoms with Crippen LogP contribution in [0.4, 0.5) is 4.79 Å². The maximum absolute atomic E-state index is 11.6. The Kier molecular flexibility index (Phi) is 8.81. The first kappa shape index (κ1) is 24.1. The summed E-state index contributed by atoms with van der Waals surface area (Å²) in [5.74, 6) is -1.09. The molecule has 9 heteroatoms. The van der Waals surface area contributed by atoms with Gasteiger partial charge in [-0.05, 0) is 38.5 Å². The lowest BCUT2D eigenvalue weighted by Crippen LogP contribution is -2.44. The minimum Gasteiger partial charge on any atom is -0.480 e. The molecule has 2 aromatic rings. The van der Waals surface area contributed by atoms with Crippen LogP contribution >= 0.6 is 0 Å². The van der Waals surface area contributed by atoms with Crippen LogP contribution in [0.1, 0.15) is 26.3 Å². The number of nitrogens with one attached hydrogen (secondary N) is 1. The summed E-state index contributed by atoms with van der Waals surface area (Å²) in [6.45, 7) is 5.17. The molecule has 8 nitrogen and oxygen atoms in total. The van der Waals surface area contributed by atoms with E-state index in [0.29, 0.717) is 0 Å². The van der Waals surface area contributed by atoms with E-state index >= 15 is 0 Å². The van der Waals surface area contributed by atoms with Crippen molar-refractivity contribution in [3.63, 3.8) is 0 Å². The molecule has 0 aromatic heterocycles. The molecule has 0 radical (unpaired) electrons. The van der Waals surface area contributed by atoms with Crippen LogP contribution in [0, 0.1) is 0 Å². The third-order valence-electron chi connectivity index (χ3n) is 3.34. The number of carbonyl (C=O) groups is 2. The lowest BCUT2D eigenvalue weighted by Gasteiger charge is -2.22. The Bertz CT molecular complexity index is 894. The Morgan fingerprint density at radius 3 is 1.90 bits per heavy atom. The minimum atomic E-state index is -3.50. The second-order valence-electron chi connectivity index (χ2n) is 7.08. The van der Waals surface area contributed by atoms with Gasteiger partial charge in [0.25, 0.3) is 0 Å². The first-order valence-electron chi connectivity index (χ1n) is 8.72. The molecule has 0 heterocycles. The number of carboxylic acid groups (broad SMARTS) is 1. The number of aliphatic carboxylic acids is 1. The van der Waals surface area contributed by atoms with Crippen LogP contribution in [0.3, 0.4) is 0 Å². The summed E-state index contributed by atoms with van der Waals surface area (Å²) in [4.78, 5) is 22.8. The fourth-order valence-corrected chi connectivity index (χ4v) is 2.65. The van der Waals surface area contributed by atoms with Crippen LogP contribution in [0.5, 0.6) is 0 Å². The molecule has 0 saturated carbocycles. The SMILES string of the molecule is CC(C)(C)OC(=O)N[C@H](Cc1ccccc1)C(=O)O.NS(=O)(=O)c1ccccc1. The van der Waals surface area contributed by atoms with Crippen LogP contribution in [-0.2, 0) is 26.0 Å². The molecule has 2 aromatic carbocycles. The fourth-order valence-electron chi connectivity index (χ4n) is 2.11. The number of alkyl carbamates (subject to hydrolysis) is 1. The zero-order valence-electron chi connectivity index (χ0n) is 16.5. The molecule has 4 N–H and O–H groups in total. The van der Waals surface area contributed by atoms with Gasteiger partial charge in [-0.2, -0.15) is 0 Å². The van der Waals surface area contributed by atoms with E-state index in [1.54, 1.807) is 39.0 Å². The molecule has 0 aliphatic rings. The quantitative estimate of drug-likeness (QED) is 0.677. The molecule has 0 bridgehead atoms. The summed E-state index contributed by atoms with van der Waals surface area (Å²) in [6, 6.07) is 16.0. The highest BCUT2D eigenvalue weighted by molar-refractivity contribution is 7.89. The number of sulfonamides is 1. The van der Waals surface area contributed by atoms with Crippen molar-refractivity contribution in [3.8, 4) is 0 Å². The number of rotatable bonds is 5. The van der Waals surface area contributed by atoms with Crippen molar-refractivity contribution in [2.75, 3.05) is 0 Å². The molecule has 0 spiro atoms. The van der Waals surface area contributed by atoms with Crippen molar-refractivity contribution < 1.29 is 27.9 Å². The standard InChI is InChI=1S/C14H19NO4.C6H7NO2S/c1-14(2,3)19-13(18)15-11(12(16)17)9-10-7-5-4-6-8-10;7-10(8,9)6-4-2-1-3-5-6/h4-8,11H,9H2,1-3H3,(H,15,18)(H,16,17);1-5H,(H2,7,8,9)/t11-;/m1./s1. The van der Waals surface area contributed by atoms with Gasteiger partial charge in [0.05, 0.1) is 4.90 Å². The molecular formula is C20H26N2O6S. The van der Waals surface area contributed by atoms with E-state index in [9.17, 15) is 18.0 Å². The molecule has 0 aliphatic carbocycles. The number of amides is 1. The molecule has 29 heavy (non-hydrogen) atoms. The minimum absolute atomic E-state index is 0.148. The van der Waals surface area contributed by atoms with Crippen molar-refractivity contribution in [2.45, 2.75) is 43.7 Å². The zero-order chi connectivity index (χ0) is 22.1. The Morgan fingerprint density at radius 2 is 1.52 bits per heavy atom. The molecule has 0 unspecified atom stereocenters. The summed E-state index contributed by atoms with van der Waals surface area (Å²) in [7, 11) is -3.50. The molecular weight excluding hydrogens is 396 g/mol. The maximum Gasteiger partial charge on any atom is 0.408 e. The smallest absolute Gasteiger partial charge is 0.408 e. The lowest BCUT2D eigenvalue weighted by molar-refractivity contribution is -0.139. The topological polar surface area (TPSA) is 136 Å². The van der Waals surface area contributed by atoms with E-state index in [0.717, 1.165) is 5.56 Å². The zero-order valence-corrected chi connectivity index (χ0v) is 17.3. The molecule has 158 valence electrons. The van der Waals surface area contributed by atoms with E-state index in [1.807, 2.05) is 30.3 Å². The van der Waals surface area contributed by atoms with Gasteiger partial charge in [-0.25, -0.2) is 23.1 Å². The van der Waals surface area contributed by atoms with Crippen LogP contribution in [0.25, 0.3) is 0 Å². The van der Waals surface area contributed by atoms with E-state index in [1.165, 1.54) is 12.1 Å². The van der Waals surface area contributed by atoms with E-state index in [2.05, 4.69) is 5.32 Å². The molecule has 1 amide bonds. The number of hydrogen-bond donors (Lipinski definition) is 3. The largest absolute Gasteiger partial charge is 0.480 e. The van der Waals surface area contributed by atoms with Gasteiger partial charge in [-0.15, -0.1) is 0 Å². The highest BCUT2D eigenvalue weighted by atomic mass is 32.2. The van der Waals surface area contributed by atoms with Gasteiger partial charge < -0.3 is 15.2 Å². The maximum atomic E-state index is 11.6. The normalized spacial score (nSPS) is 12.1. The summed E-state index contributed by atoms with van der Waals surface area (Å²) in [6.07, 6.45) is -0.508. The summed E-state index contributed by atoms with van der Waals surface area (Å²) < 4.78 is 26.3. The fraction of sp³-hybridized carbons (Fsp3) is 0.300. The predicted octanol–water partition coefficient (Wildman–Crippen LogP) is 2.54. The van der Waals surface area contributed by atoms with Crippen molar-refractivity contribution in [3.05, 3.63) is 66.2 Å². The average Bonchev–Trinajstić information content (AvgIpc) is 2.61. The van der Waals surface area contributed by atoms with Crippen LogP contribution in [-0.4, -0.2) is 37.2 Å². The van der Waals surface area contributed by atoms with Crippen molar-refractivity contribution >= 4 is 22.1 Å². The Morgan fingerprint density at radius 1 is 1.03 bits per heavy atom. The van der Waals surface area contributed by atoms with Crippen LogP contribution in [0.2, 0.25) is 0 Å². The molecule has 0 aliphatic heterocycles. The second kappa shape index (κ2) is 10.6. The summed E-state index contributed by atoms with van der Waals surface area (Å²) in [5.41, 5.74) is 0.186. The first-order valence-corrected chi connectivity index (χ1v) is 10.3. The van der Waals surface area contributed by atoms with Crippen LogP contribution < -0.4 is 10.5 Å². The van der Waals surface area contributed by atoms with Gasteiger partial charge >= 0.3 is 12.1 Å².